The van der Waals surface area contributed by atoms with Gasteiger partial charge in [0.05, 0.1) is 6.54 Å². The topological polar surface area (TPSA) is 74.8 Å². The van der Waals surface area contributed by atoms with Crippen LogP contribution in [0.2, 0.25) is 0 Å². The Morgan fingerprint density at radius 3 is 2.41 bits per heavy atom. The molecule has 27 heavy (non-hydrogen) atoms. The Kier molecular flexibility index (Phi) is 14.7. The van der Waals surface area contributed by atoms with Gasteiger partial charge in [0.1, 0.15) is 5.75 Å². The summed E-state index contributed by atoms with van der Waals surface area (Å²) in [4.78, 5) is 16.1. The van der Waals surface area contributed by atoms with Crippen LogP contribution in [0.1, 0.15) is 46.1 Å². The number of nitrogens with zero attached hydrogens (tertiary/aromatic N) is 1. The van der Waals surface area contributed by atoms with E-state index in [1.165, 1.54) is 0 Å². The van der Waals surface area contributed by atoms with E-state index in [-0.39, 0.29) is 36.5 Å². The van der Waals surface area contributed by atoms with Crippen LogP contribution in [-0.4, -0.2) is 38.1 Å². The summed E-state index contributed by atoms with van der Waals surface area (Å²) in [6.07, 6.45) is 2.32. The van der Waals surface area contributed by atoms with Crippen molar-refractivity contribution in [2.75, 3.05) is 26.2 Å². The predicted octanol–water partition coefficient (Wildman–Crippen LogP) is 3.31. The second kappa shape index (κ2) is 15.5. The third kappa shape index (κ3) is 11.0. The third-order valence-corrected chi connectivity index (χ3v) is 4.12. The molecule has 0 spiro atoms. The van der Waals surface area contributed by atoms with E-state index in [0.717, 1.165) is 37.5 Å². The van der Waals surface area contributed by atoms with Crippen LogP contribution in [0.5, 0.6) is 5.75 Å². The average molecular weight is 490 g/mol. The van der Waals surface area contributed by atoms with E-state index in [0.29, 0.717) is 24.8 Å². The maximum Gasteiger partial charge on any atom is 0.257 e. The molecule has 0 atom stereocenters. The summed E-state index contributed by atoms with van der Waals surface area (Å²) in [5, 5.41) is 9.41. The van der Waals surface area contributed by atoms with Gasteiger partial charge in [-0.3, -0.25) is 4.79 Å². The number of aliphatic imine (C=N–C) groups is 1. The lowest BCUT2D eigenvalue weighted by atomic mass is 10.0. The number of ether oxygens (including phenoxy) is 1. The van der Waals surface area contributed by atoms with Crippen LogP contribution in [0.3, 0.4) is 0 Å². The smallest absolute Gasteiger partial charge is 0.257 e. The molecule has 1 amide bonds. The molecule has 0 aliphatic carbocycles. The molecule has 0 saturated heterocycles. The first-order valence-electron chi connectivity index (χ1n) is 9.63. The first kappa shape index (κ1) is 25.5. The van der Waals surface area contributed by atoms with Crippen molar-refractivity contribution in [1.29, 1.82) is 0 Å². The van der Waals surface area contributed by atoms with Crippen molar-refractivity contribution in [1.82, 2.24) is 16.0 Å². The first-order chi connectivity index (χ1) is 12.6. The number of carbonyl (C=O) groups is 1. The minimum atomic E-state index is -0.115. The number of hydrogen-bond donors (Lipinski definition) is 3. The molecule has 0 aliphatic heterocycles. The van der Waals surface area contributed by atoms with E-state index in [2.05, 4.69) is 41.7 Å². The van der Waals surface area contributed by atoms with E-state index in [4.69, 9.17) is 4.74 Å². The van der Waals surface area contributed by atoms with Gasteiger partial charge in [-0.05, 0) is 37.5 Å². The van der Waals surface area contributed by atoms with Crippen molar-refractivity contribution in [2.45, 2.75) is 47.1 Å². The molecular formula is C20H35IN4O2. The molecule has 3 N–H and O–H groups in total. The minimum Gasteiger partial charge on any atom is -0.484 e. The van der Waals surface area contributed by atoms with Crippen LogP contribution in [0.15, 0.2) is 29.3 Å². The van der Waals surface area contributed by atoms with E-state index < -0.39 is 0 Å². The quantitative estimate of drug-likeness (QED) is 0.253. The standard InChI is InChI=1S/C20H34N4O2.HI/c1-5-16(6-2)13-23-20(22-8-4)24-14-17-10-9-11-18(12-17)26-15-19(25)21-7-3;/h9-12,16H,5-8,13-15H2,1-4H3,(H,21,25)(H2,22,23,24);1H. The third-order valence-electron chi connectivity index (χ3n) is 4.12. The molecule has 0 aromatic heterocycles. The van der Waals surface area contributed by atoms with E-state index in [1.807, 2.05) is 31.2 Å². The molecule has 7 heteroatoms. The van der Waals surface area contributed by atoms with Gasteiger partial charge in [-0.25, -0.2) is 4.99 Å². The fourth-order valence-corrected chi connectivity index (χ4v) is 2.46. The number of nitrogens with one attached hydrogen (secondary N) is 3. The summed E-state index contributed by atoms with van der Waals surface area (Å²) in [7, 11) is 0. The number of halogens is 1. The first-order valence-corrected chi connectivity index (χ1v) is 9.63. The van der Waals surface area contributed by atoms with Crippen molar-refractivity contribution in [3.63, 3.8) is 0 Å². The SMILES string of the molecule is CCNC(=O)COc1cccc(CN=C(NCC)NCC(CC)CC)c1.I. The highest BCUT2D eigenvalue weighted by molar-refractivity contribution is 14.0. The molecule has 0 bridgehead atoms. The van der Waals surface area contributed by atoms with Gasteiger partial charge in [-0.1, -0.05) is 38.8 Å². The summed E-state index contributed by atoms with van der Waals surface area (Å²) in [5.41, 5.74) is 1.04. The molecule has 0 fully saturated rings. The largest absolute Gasteiger partial charge is 0.484 e. The van der Waals surface area contributed by atoms with Crippen LogP contribution in [0, 0.1) is 5.92 Å². The van der Waals surface area contributed by atoms with Crippen molar-refractivity contribution in [2.24, 2.45) is 10.9 Å². The van der Waals surface area contributed by atoms with Gasteiger partial charge in [0.15, 0.2) is 12.6 Å². The summed E-state index contributed by atoms with van der Waals surface area (Å²) in [5.74, 6) is 2.05. The van der Waals surface area contributed by atoms with E-state index in [9.17, 15) is 4.79 Å². The Hall–Kier alpha value is -1.51. The van der Waals surface area contributed by atoms with Crippen LogP contribution >= 0.6 is 24.0 Å². The van der Waals surface area contributed by atoms with Gasteiger partial charge in [-0.2, -0.15) is 0 Å². The average Bonchev–Trinajstić information content (AvgIpc) is 2.65. The lowest BCUT2D eigenvalue weighted by molar-refractivity contribution is -0.122. The second-order valence-electron chi connectivity index (χ2n) is 6.15. The highest BCUT2D eigenvalue weighted by Gasteiger charge is 2.05. The zero-order valence-corrected chi connectivity index (χ0v) is 19.3. The molecule has 1 aromatic rings. The van der Waals surface area contributed by atoms with Gasteiger partial charge >= 0.3 is 0 Å². The van der Waals surface area contributed by atoms with Crippen LogP contribution in [-0.2, 0) is 11.3 Å². The van der Waals surface area contributed by atoms with Gasteiger partial charge in [0.2, 0.25) is 0 Å². The molecule has 1 aromatic carbocycles. The van der Waals surface area contributed by atoms with E-state index in [1.54, 1.807) is 0 Å². The summed E-state index contributed by atoms with van der Waals surface area (Å²) in [6.45, 7) is 11.3. The van der Waals surface area contributed by atoms with Gasteiger partial charge in [0.25, 0.3) is 5.91 Å². The highest BCUT2D eigenvalue weighted by Crippen LogP contribution is 2.14. The van der Waals surface area contributed by atoms with Crippen LogP contribution in [0.25, 0.3) is 0 Å². The fourth-order valence-electron chi connectivity index (χ4n) is 2.46. The number of likely N-dealkylation sites (N-methyl/N-ethyl adjacent to an activating group) is 1. The molecule has 0 saturated carbocycles. The minimum absolute atomic E-state index is 0. The van der Waals surface area contributed by atoms with Crippen molar-refractivity contribution in [3.05, 3.63) is 29.8 Å². The Morgan fingerprint density at radius 2 is 1.78 bits per heavy atom. The Balaban J connectivity index is 0.00000676. The molecule has 1 rings (SSSR count). The van der Waals surface area contributed by atoms with Gasteiger partial charge in [-0.15, -0.1) is 24.0 Å². The van der Waals surface area contributed by atoms with Crippen LogP contribution < -0.4 is 20.7 Å². The summed E-state index contributed by atoms with van der Waals surface area (Å²) in [6, 6.07) is 7.70. The van der Waals surface area contributed by atoms with Gasteiger partial charge < -0.3 is 20.7 Å². The van der Waals surface area contributed by atoms with Gasteiger partial charge in [0, 0.05) is 19.6 Å². The Morgan fingerprint density at radius 1 is 1.07 bits per heavy atom. The highest BCUT2D eigenvalue weighted by atomic mass is 127. The zero-order chi connectivity index (χ0) is 19.2. The Bertz CT molecular complexity index is 563. The molecular weight excluding hydrogens is 455 g/mol. The number of rotatable bonds is 11. The number of hydrogen-bond acceptors (Lipinski definition) is 3. The molecule has 0 unspecified atom stereocenters. The lowest BCUT2D eigenvalue weighted by Gasteiger charge is -2.16. The van der Waals surface area contributed by atoms with Crippen LogP contribution in [0.4, 0.5) is 0 Å². The number of carbonyl (C=O) groups excluding carboxylic acids is 1. The lowest BCUT2D eigenvalue weighted by Crippen LogP contribution is -2.39. The normalized spacial score (nSPS) is 10.9. The monoisotopic (exact) mass is 490 g/mol. The molecule has 0 aliphatic rings. The maximum atomic E-state index is 11.5. The van der Waals surface area contributed by atoms with Crippen molar-refractivity contribution >= 4 is 35.8 Å². The maximum absolute atomic E-state index is 11.5. The predicted molar refractivity (Wildman–Crippen MR) is 123 cm³/mol. The summed E-state index contributed by atoms with van der Waals surface area (Å²) < 4.78 is 5.53. The molecule has 154 valence electrons. The van der Waals surface area contributed by atoms with Crippen molar-refractivity contribution < 1.29 is 9.53 Å². The van der Waals surface area contributed by atoms with Crippen molar-refractivity contribution in [3.8, 4) is 5.75 Å². The number of guanidine groups is 1. The molecule has 6 nitrogen and oxygen atoms in total. The molecule has 0 heterocycles. The summed E-state index contributed by atoms with van der Waals surface area (Å²) >= 11 is 0. The Labute approximate surface area is 181 Å². The molecule has 0 radical (unpaired) electrons. The number of benzene rings is 1. The second-order valence-corrected chi connectivity index (χ2v) is 6.15. The number of amides is 1. The van der Waals surface area contributed by atoms with E-state index >= 15 is 0 Å². The zero-order valence-electron chi connectivity index (χ0n) is 17.0. The fraction of sp³-hybridized carbons (Fsp3) is 0.600.